The number of hydrogen-bond donors (Lipinski definition) is 4. The number of anilines is 1. The summed E-state index contributed by atoms with van der Waals surface area (Å²) in [6, 6.07) is 12.5. The van der Waals surface area contributed by atoms with Gasteiger partial charge in [0.1, 0.15) is 11.6 Å². The molecule has 1 amide bonds. The smallest absolute Gasteiger partial charge is 0.250 e. The van der Waals surface area contributed by atoms with Crippen LogP contribution in [0.25, 0.3) is 0 Å². The topological polar surface area (TPSA) is 109 Å². The van der Waals surface area contributed by atoms with Crippen molar-refractivity contribution >= 4 is 21.6 Å². The van der Waals surface area contributed by atoms with Gasteiger partial charge in [0.2, 0.25) is 5.91 Å². The quantitative estimate of drug-likeness (QED) is 0.511. The molecule has 29 heavy (non-hydrogen) atoms. The molecular weight excluding hydrogens is 399 g/mol. The molecule has 0 aromatic heterocycles. The summed E-state index contributed by atoms with van der Waals surface area (Å²) in [5, 5.41) is 1.42. The highest BCUT2D eigenvalue weighted by atomic mass is 32.2. The number of sulfonamides is 1. The molecule has 1 aliphatic rings. The predicted molar refractivity (Wildman–Crippen MR) is 107 cm³/mol. The fourth-order valence-corrected chi connectivity index (χ4v) is 4.45. The van der Waals surface area contributed by atoms with E-state index in [4.69, 9.17) is 4.74 Å². The summed E-state index contributed by atoms with van der Waals surface area (Å²) < 4.78 is 47.1. The van der Waals surface area contributed by atoms with Crippen LogP contribution in [0.4, 0.5) is 10.1 Å². The van der Waals surface area contributed by atoms with Crippen LogP contribution in [0.1, 0.15) is 12.5 Å². The number of carbonyl (C=O) groups is 1. The third-order valence-corrected chi connectivity index (χ3v) is 6.07. The lowest BCUT2D eigenvalue weighted by Gasteiger charge is -2.19. The molecule has 2 atom stereocenters. The number of nitrogens with one attached hydrogen (secondary N) is 4. The summed E-state index contributed by atoms with van der Waals surface area (Å²) >= 11 is 0. The molecular formula is C19H23FN4O4S. The van der Waals surface area contributed by atoms with E-state index in [1.54, 1.807) is 42.5 Å². The number of hydrogen-bond acceptors (Lipinski definition) is 6. The Balaban J connectivity index is 1.65. The molecule has 1 saturated heterocycles. The summed E-state index contributed by atoms with van der Waals surface area (Å²) in [6.45, 7) is 2.46. The van der Waals surface area contributed by atoms with Gasteiger partial charge in [-0.3, -0.25) is 14.9 Å². The monoisotopic (exact) mass is 422 g/mol. The van der Waals surface area contributed by atoms with E-state index in [1.807, 2.05) is 6.92 Å². The van der Waals surface area contributed by atoms with Crippen LogP contribution in [0.2, 0.25) is 0 Å². The van der Waals surface area contributed by atoms with E-state index in [1.165, 1.54) is 6.07 Å². The maximum Gasteiger partial charge on any atom is 0.250 e. The Labute approximate surface area is 168 Å². The highest BCUT2D eigenvalue weighted by Gasteiger charge is 2.41. The number of ether oxygens (including phenoxy) is 1. The van der Waals surface area contributed by atoms with E-state index >= 15 is 0 Å². The van der Waals surface area contributed by atoms with E-state index in [9.17, 15) is 17.6 Å². The van der Waals surface area contributed by atoms with E-state index in [2.05, 4.69) is 20.9 Å². The first-order chi connectivity index (χ1) is 13.9. The largest absolute Gasteiger partial charge is 0.494 e. The lowest BCUT2D eigenvalue weighted by molar-refractivity contribution is -0.124. The second-order valence-electron chi connectivity index (χ2n) is 6.47. The molecule has 2 unspecified atom stereocenters. The average Bonchev–Trinajstić information content (AvgIpc) is 3.20. The molecule has 10 heteroatoms. The van der Waals surface area contributed by atoms with E-state index < -0.39 is 33.0 Å². The number of carbonyl (C=O) groups excluding carboxylic acids is 1. The normalized spacial score (nSPS) is 19.0. The lowest BCUT2D eigenvalue weighted by atomic mass is 10.1. The zero-order valence-electron chi connectivity index (χ0n) is 15.8. The highest BCUT2D eigenvalue weighted by molar-refractivity contribution is 7.93. The van der Waals surface area contributed by atoms with Gasteiger partial charge in [-0.05, 0) is 37.3 Å². The van der Waals surface area contributed by atoms with Gasteiger partial charge in [-0.2, -0.15) is 0 Å². The standard InChI is InChI=1S/C19H23FN4O4S/c1-2-28-15-9-7-14(8-10-15)24-29(26,27)19-16(12-22-23-19)18(25)21-11-13-5-3-4-6-17(13)20/h3-10,16,19,22-24H,2,11-12H2,1H3,(H,21,25). The second kappa shape index (κ2) is 9.21. The molecule has 3 rings (SSSR count). The number of halogens is 1. The molecule has 1 aliphatic heterocycles. The Morgan fingerprint density at radius 1 is 1.21 bits per heavy atom. The molecule has 8 nitrogen and oxygen atoms in total. The fourth-order valence-electron chi connectivity index (χ4n) is 2.97. The summed E-state index contributed by atoms with van der Waals surface area (Å²) in [7, 11) is -3.92. The summed E-state index contributed by atoms with van der Waals surface area (Å²) in [6.07, 6.45) is 0. The van der Waals surface area contributed by atoms with Crippen molar-refractivity contribution in [2.75, 3.05) is 17.9 Å². The SMILES string of the molecule is CCOc1ccc(NS(=O)(=O)C2NNCC2C(=O)NCc2ccccc2F)cc1. The highest BCUT2D eigenvalue weighted by Crippen LogP contribution is 2.21. The lowest BCUT2D eigenvalue weighted by Crippen LogP contribution is -2.46. The number of benzene rings is 2. The maximum atomic E-state index is 13.7. The van der Waals surface area contributed by atoms with Crippen LogP contribution in [-0.2, 0) is 21.4 Å². The Morgan fingerprint density at radius 3 is 2.62 bits per heavy atom. The van der Waals surface area contributed by atoms with Gasteiger partial charge in [0.05, 0.1) is 12.5 Å². The fraction of sp³-hybridized carbons (Fsp3) is 0.316. The summed E-state index contributed by atoms with van der Waals surface area (Å²) in [5.41, 5.74) is 6.02. The Bertz CT molecular complexity index is 953. The van der Waals surface area contributed by atoms with Crippen molar-refractivity contribution < 1.29 is 22.3 Å². The third kappa shape index (κ3) is 5.22. The molecule has 0 saturated carbocycles. The van der Waals surface area contributed by atoms with Gasteiger partial charge in [-0.1, -0.05) is 18.2 Å². The van der Waals surface area contributed by atoms with Crippen LogP contribution >= 0.6 is 0 Å². The molecule has 2 aromatic rings. The zero-order valence-corrected chi connectivity index (χ0v) is 16.6. The minimum absolute atomic E-state index is 0.0267. The van der Waals surface area contributed by atoms with E-state index in [0.29, 0.717) is 23.6 Å². The van der Waals surface area contributed by atoms with Crippen LogP contribution < -0.4 is 25.6 Å². The molecule has 0 spiro atoms. The van der Waals surface area contributed by atoms with Crippen molar-refractivity contribution in [1.82, 2.24) is 16.2 Å². The Hall–Kier alpha value is -2.69. The van der Waals surface area contributed by atoms with Crippen LogP contribution in [0.3, 0.4) is 0 Å². The average molecular weight is 422 g/mol. The second-order valence-corrected chi connectivity index (χ2v) is 8.27. The van der Waals surface area contributed by atoms with Crippen molar-refractivity contribution in [1.29, 1.82) is 0 Å². The number of rotatable bonds is 8. The number of hydrazine groups is 1. The van der Waals surface area contributed by atoms with Gasteiger partial charge >= 0.3 is 0 Å². The minimum Gasteiger partial charge on any atom is -0.494 e. The zero-order chi connectivity index (χ0) is 20.9. The molecule has 0 bridgehead atoms. The molecule has 156 valence electrons. The van der Waals surface area contributed by atoms with Gasteiger partial charge < -0.3 is 10.1 Å². The van der Waals surface area contributed by atoms with Crippen molar-refractivity contribution in [3.63, 3.8) is 0 Å². The van der Waals surface area contributed by atoms with E-state index in [-0.39, 0.29) is 13.1 Å². The first kappa shape index (κ1) is 21.0. The molecule has 1 heterocycles. The van der Waals surface area contributed by atoms with Gasteiger partial charge in [0, 0.05) is 24.3 Å². The van der Waals surface area contributed by atoms with Crippen LogP contribution in [0, 0.1) is 11.7 Å². The molecule has 4 N–H and O–H groups in total. The molecule has 0 radical (unpaired) electrons. The minimum atomic E-state index is -3.92. The maximum absolute atomic E-state index is 13.7. The van der Waals surface area contributed by atoms with Gasteiger partial charge in [0.15, 0.2) is 5.37 Å². The number of amides is 1. The van der Waals surface area contributed by atoms with Crippen molar-refractivity contribution in [2.45, 2.75) is 18.8 Å². The van der Waals surface area contributed by atoms with Crippen molar-refractivity contribution in [2.24, 2.45) is 5.92 Å². The van der Waals surface area contributed by atoms with Gasteiger partial charge in [-0.25, -0.2) is 18.2 Å². The van der Waals surface area contributed by atoms with Crippen molar-refractivity contribution in [3.8, 4) is 5.75 Å². The van der Waals surface area contributed by atoms with Crippen molar-refractivity contribution in [3.05, 3.63) is 59.9 Å². The predicted octanol–water partition coefficient (Wildman–Crippen LogP) is 1.33. The summed E-state index contributed by atoms with van der Waals surface area (Å²) in [4.78, 5) is 12.5. The van der Waals surface area contributed by atoms with Gasteiger partial charge in [0.25, 0.3) is 10.0 Å². The molecule has 1 fully saturated rings. The summed E-state index contributed by atoms with van der Waals surface area (Å²) in [5.74, 6) is -1.19. The Kier molecular flexibility index (Phi) is 6.68. The van der Waals surface area contributed by atoms with E-state index in [0.717, 1.165) is 0 Å². The van der Waals surface area contributed by atoms with Crippen LogP contribution in [-0.4, -0.2) is 32.9 Å². The first-order valence-electron chi connectivity index (χ1n) is 9.14. The van der Waals surface area contributed by atoms with Gasteiger partial charge in [-0.15, -0.1) is 0 Å². The third-order valence-electron chi connectivity index (χ3n) is 4.44. The van der Waals surface area contributed by atoms with Crippen LogP contribution in [0.5, 0.6) is 5.75 Å². The van der Waals surface area contributed by atoms with Crippen LogP contribution in [0.15, 0.2) is 48.5 Å². The molecule has 0 aliphatic carbocycles. The Morgan fingerprint density at radius 2 is 1.93 bits per heavy atom. The first-order valence-corrected chi connectivity index (χ1v) is 10.7. The molecule has 2 aromatic carbocycles.